The SMILES string of the molecule is Cc1oc(C)c(S(=O)(=O)NCC(C)N(C)C)c1CO. The highest BCUT2D eigenvalue weighted by Gasteiger charge is 2.26. The average Bonchev–Trinajstić information content (AvgIpc) is 2.60. The topological polar surface area (TPSA) is 82.8 Å². The monoisotopic (exact) mass is 290 g/mol. The minimum atomic E-state index is -3.67. The Bertz CT molecular complexity index is 534. The van der Waals surface area contributed by atoms with Gasteiger partial charge in [0.05, 0.1) is 6.61 Å². The number of furan rings is 1. The van der Waals surface area contributed by atoms with Crippen LogP contribution in [-0.2, 0) is 16.6 Å². The van der Waals surface area contributed by atoms with E-state index in [4.69, 9.17) is 4.42 Å². The summed E-state index contributed by atoms with van der Waals surface area (Å²) in [6.07, 6.45) is 0. The van der Waals surface area contributed by atoms with Gasteiger partial charge in [-0.25, -0.2) is 13.1 Å². The number of aryl methyl sites for hydroxylation is 2. The van der Waals surface area contributed by atoms with Crippen LogP contribution in [0, 0.1) is 13.8 Å². The second kappa shape index (κ2) is 6.04. The van der Waals surface area contributed by atoms with Crippen LogP contribution < -0.4 is 4.72 Å². The van der Waals surface area contributed by atoms with Crippen LogP contribution in [-0.4, -0.2) is 45.1 Å². The van der Waals surface area contributed by atoms with Gasteiger partial charge in [-0.1, -0.05) is 0 Å². The summed E-state index contributed by atoms with van der Waals surface area (Å²) in [6, 6.07) is 0.0701. The van der Waals surface area contributed by atoms with E-state index in [0.717, 1.165) is 0 Å². The van der Waals surface area contributed by atoms with Crippen molar-refractivity contribution in [3.63, 3.8) is 0 Å². The first-order valence-corrected chi connectivity index (χ1v) is 7.54. The molecule has 1 heterocycles. The lowest BCUT2D eigenvalue weighted by Gasteiger charge is -2.20. The van der Waals surface area contributed by atoms with Gasteiger partial charge in [-0.15, -0.1) is 0 Å². The maximum atomic E-state index is 12.3. The maximum absolute atomic E-state index is 12.3. The Hall–Kier alpha value is -0.890. The summed E-state index contributed by atoms with van der Waals surface area (Å²) in [7, 11) is 0.0888. The zero-order valence-electron chi connectivity index (χ0n) is 12.0. The minimum absolute atomic E-state index is 0.0541. The third-order valence-electron chi connectivity index (χ3n) is 3.20. The van der Waals surface area contributed by atoms with Gasteiger partial charge in [0.25, 0.3) is 0 Å². The second-order valence-corrected chi connectivity index (χ2v) is 6.55. The largest absolute Gasteiger partial charge is 0.465 e. The number of likely N-dealkylation sites (N-methyl/N-ethyl adjacent to an activating group) is 1. The number of sulfonamides is 1. The zero-order chi connectivity index (χ0) is 14.8. The summed E-state index contributed by atoms with van der Waals surface area (Å²) in [6.45, 7) is 5.07. The normalized spacial score (nSPS) is 14.1. The molecule has 0 aliphatic carbocycles. The molecule has 2 N–H and O–H groups in total. The molecule has 1 aromatic rings. The maximum Gasteiger partial charge on any atom is 0.244 e. The van der Waals surface area contributed by atoms with Crippen molar-refractivity contribution in [1.29, 1.82) is 0 Å². The van der Waals surface area contributed by atoms with Gasteiger partial charge in [0, 0.05) is 18.2 Å². The average molecular weight is 290 g/mol. The standard InChI is InChI=1S/C12H22N2O4S/c1-8(14(4)5)6-13-19(16,17)12-10(3)18-9(2)11(12)7-15/h8,13,15H,6-7H2,1-5H3. The number of hydrogen-bond donors (Lipinski definition) is 2. The number of aliphatic hydroxyl groups excluding tert-OH is 1. The number of rotatable bonds is 6. The fourth-order valence-corrected chi connectivity index (χ4v) is 3.29. The van der Waals surface area contributed by atoms with Gasteiger partial charge >= 0.3 is 0 Å². The molecule has 110 valence electrons. The molecule has 0 fully saturated rings. The van der Waals surface area contributed by atoms with E-state index in [1.807, 2.05) is 25.9 Å². The molecule has 0 amide bonds. The molecule has 0 aliphatic rings. The third kappa shape index (κ3) is 3.56. The number of nitrogens with one attached hydrogen (secondary N) is 1. The summed E-state index contributed by atoms with van der Waals surface area (Å²) in [5, 5.41) is 9.28. The van der Waals surface area contributed by atoms with Gasteiger partial charge in [0.2, 0.25) is 10.0 Å². The van der Waals surface area contributed by atoms with Gasteiger partial charge in [-0.05, 0) is 34.9 Å². The van der Waals surface area contributed by atoms with Gasteiger partial charge in [0.15, 0.2) is 0 Å². The van der Waals surface area contributed by atoms with E-state index in [2.05, 4.69) is 4.72 Å². The molecule has 7 heteroatoms. The van der Waals surface area contributed by atoms with Gasteiger partial charge in [0.1, 0.15) is 16.4 Å². The molecule has 0 aromatic carbocycles. The van der Waals surface area contributed by atoms with Crippen molar-refractivity contribution in [2.45, 2.75) is 38.3 Å². The molecular weight excluding hydrogens is 268 g/mol. The molecule has 1 aromatic heterocycles. The van der Waals surface area contributed by atoms with E-state index >= 15 is 0 Å². The van der Waals surface area contributed by atoms with Crippen LogP contribution in [0.5, 0.6) is 0 Å². The number of hydrogen-bond acceptors (Lipinski definition) is 5. The molecule has 0 saturated heterocycles. The fourth-order valence-electron chi connectivity index (χ4n) is 1.73. The van der Waals surface area contributed by atoms with Crippen LogP contribution >= 0.6 is 0 Å². The molecule has 0 bridgehead atoms. The summed E-state index contributed by atoms with van der Waals surface area (Å²) in [5.41, 5.74) is 0.322. The van der Waals surface area contributed by atoms with E-state index in [0.29, 0.717) is 23.6 Å². The van der Waals surface area contributed by atoms with Crippen LogP contribution in [0.4, 0.5) is 0 Å². The Labute approximate surface area is 114 Å². The number of aliphatic hydroxyl groups is 1. The van der Waals surface area contributed by atoms with Gasteiger partial charge < -0.3 is 14.4 Å². The molecule has 0 spiro atoms. The lowest BCUT2D eigenvalue weighted by molar-refractivity contribution is 0.276. The highest BCUT2D eigenvalue weighted by molar-refractivity contribution is 7.89. The van der Waals surface area contributed by atoms with Crippen molar-refractivity contribution in [1.82, 2.24) is 9.62 Å². The molecule has 19 heavy (non-hydrogen) atoms. The van der Waals surface area contributed by atoms with E-state index in [9.17, 15) is 13.5 Å². The molecule has 1 atom stereocenters. The van der Waals surface area contributed by atoms with Crippen molar-refractivity contribution in [3.05, 3.63) is 17.1 Å². The Morgan fingerprint density at radius 2 is 1.89 bits per heavy atom. The van der Waals surface area contributed by atoms with E-state index in [-0.39, 0.29) is 17.5 Å². The first-order chi connectivity index (χ1) is 8.70. The van der Waals surface area contributed by atoms with Crippen LogP contribution in [0.2, 0.25) is 0 Å². The summed E-state index contributed by atoms with van der Waals surface area (Å²) >= 11 is 0. The van der Waals surface area contributed by atoms with Crippen molar-refractivity contribution >= 4 is 10.0 Å². The molecule has 0 aliphatic heterocycles. The summed E-state index contributed by atoms with van der Waals surface area (Å²) < 4.78 is 32.4. The third-order valence-corrected chi connectivity index (χ3v) is 4.82. The predicted molar refractivity (Wildman–Crippen MR) is 72.4 cm³/mol. The molecule has 1 rings (SSSR count). The summed E-state index contributed by atoms with van der Waals surface area (Å²) in [5.74, 6) is 0.729. The van der Waals surface area contributed by atoms with Crippen LogP contribution in [0.1, 0.15) is 24.0 Å². The molecular formula is C12H22N2O4S. The molecule has 0 saturated carbocycles. The quantitative estimate of drug-likeness (QED) is 0.802. The Balaban J connectivity index is 3.01. The highest BCUT2D eigenvalue weighted by atomic mass is 32.2. The Kier molecular flexibility index (Phi) is 5.14. The van der Waals surface area contributed by atoms with Crippen LogP contribution in [0.3, 0.4) is 0 Å². The van der Waals surface area contributed by atoms with Crippen molar-refractivity contribution in [2.75, 3.05) is 20.6 Å². The van der Waals surface area contributed by atoms with E-state index in [1.165, 1.54) is 0 Å². The van der Waals surface area contributed by atoms with Gasteiger partial charge in [-0.2, -0.15) is 0 Å². The summed E-state index contributed by atoms with van der Waals surface area (Å²) in [4.78, 5) is 1.97. The zero-order valence-corrected chi connectivity index (χ0v) is 12.8. The first-order valence-electron chi connectivity index (χ1n) is 6.06. The molecule has 0 radical (unpaired) electrons. The van der Waals surface area contributed by atoms with Crippen molar-refractivity contribution in [2.24, 2.45) is 0 Å². The Morgan fingerprint density at radius 1 is 1.32 bits per heavy atom. The van der Waals surface area contributed by atoms with Gasteiger partial charge in [-0.3, -0.25) is 0 Å². The fraction of sp³-hybridized carbons (Fsp3) is 0.667. The van der Waals surface area contributed by atoms with E-state index in [1.54, 1.807) is 13.8 Å². The minimum Gasteiger partial charge on any atom is -0.465 e. The van der Waals surface area contributed by atoms with Crippen LogP contribution in [0.15, 0.2) is 9.31 Å². The lowest BCUT2D eigenvalue weighted by Crippen LogP contribution is -2.38. The van der Waals surface area contributed by atoms with Crippen molar-refractivity contribution < 1.29 is 17.9 Å². The van der Waals surface area contributed by atoms with E-state index < -0.39 is 10.0 Å². The lowest BCUT2D eigenvalue weighted by atomic mass is 10.2. The first kappa shape index (κ1) is 16.2. The number of nitrogens with zero attached hydrogens (tertiary/aromatic N) is 1. The Morgan fingerprint density at radius 3 is 2.37 bits per heavy atom. The highest BCUT2D eigenvalue weighted by Crippen LogP contribution is 2.26. The molecule has 1 unspecified atom stereocenters. The second-order valence-electron chi connectivity index (χ2n) is 4.84. The molecule has 6 nitrogen and oxygen atoms in total. The van der Waals surface area contributed by atoms with Crippen LogP contribution in [0.25, 0.3) is 0 Å². The van der Waals surface area contributed by atoms with Crippen molar-refractivity contribution in [3.8, 4) is 0 Å². The smallest absolute Gasteiger partial charge is 0.244 e. The predicted octanol–water partition coefficient (Wildman–Crippen LogP) is 0.617.